The Morgan fingerprint density at radius 3 is 1.67 bits per heavy atom. The van der Waals surface area contributed by atoms with Crippen LogP contribution < -0.4 is 28.7 Å². The van der Waals surface area contributed by atoms with Crippen LogP contribution in [0.25, 0.3) is 0 Å². The number of hydrogen-bond acceptors (Lipinski definition) is 11. The molecule has 0 radical (unpaired) electrons. The first-order chi connectivity index (χ1) is 28.4. The van der Waals surface area contributed by atoms with E-state index in [1.54, 1.807) is 34.1 Å². The molecule has 2 atom stereocenters. The quantitative estimate of drug-likeness (QED) is 0.129. The monoisotopic (exact) mass is 864 g/mol. The number of benzene rings is 2. The molecule has 326 valence electrons. The molecule has 4 aliphatic heterocycles. The molecule has 2 fully saturated rings. The maximum atomic E-state index is 14.2. The lowest BCUT2D eigenvalue weighted by Gasteiger charge is -2.27. The molecule has 0 bridgehead atoms. The van der Waals surface area contributed by atoms with Gasteiger partial charge in [0.2, 0.25) is 0 Å². The Morgan fingerprint density at radius 2 is 1.18 bits per heavy atom. The summed E-state index contributed by atoms with van der Waals surface area (Å²) in [5.74, 6) is 0.147. The summed E-state index contributed by atoms with van der Waals surface area (Å²) in [6.07, 6.45) is 4.42. The summed E-state index contributed by atoms with van der Waals surface area (Å²) in [6.45, 7) is 15.4. The number of anilines is 2. The summed E-state index contributed by atoms with van der Waals surface area (Å²) in [6, 6.07) is 6.94. The standard InChI is InChI=1S/C43H60N4O11Si2/c1-53-35-19-29-31(46(26-55-14-16-59(3,4)5)41(51)33-18-28(48)24-44(33)39(29)49)21-37(35)57-12-9-13-58-38-22-32-30(20-36(38)54-2)40(50)45-25-43(10-11-43)23-34(45)42(52)47(32)27-56-15-17-60(6,7)8/h19-22,24,33-34,48H,9-18,23,25-27H2,1-8H3/t33-,34-/m0/s1. The van der Waals surface area contributed by atoms with Gasteiger partial charge in [0.15, 0.2) is 23.0 Å². The third-order valence-electron chi connectivity index (χ3n) is 11.9. The topological polar surface area (TPSA) is 157 Å². The van der Waals surface area contributed by atoms with Crippen molar-refractivity contribution < 1.29 is 52.7 Å². The predicted molar refractivity (Wildman–Crippen MR) is 231 cm³/mol. The summed E-state index contributed by atoms with van der Waals surface area (Å²) in [4.78, 5) is 62.1. The molecule has 7 rings (SSSR count). The second-order valence-electron chi connectivity index (χ2n) is 19.0. The third-order valence-corrected chi connectivity index (χ3v) is 15.3. The summed E-state index contributed by atoms with van der Waals surface area (Å²) >= 11 is 0. The highest BCUT2D eigenvalue weighted by Gasteiger charge is 2.57. The fourth-order valence-electron chi connectivity index (χ4n) is 8.12. The van der Waals surface area contributed by atoms with Crippen molar-refractivity contribution in [3.63, 3.8) is 0 Å². The van der Waals surface area contributed by atoms with Gasteiger partial charge in [-0.15, -0.1) is 0 Å². The SMILES string of the molecule is COc1cc2c(cc1OCCCOc1cc3c(cc1OC)C(=O)N1CC4(CC4)C[C@H]1C(=O)N3COCC[Si](C)(C)C)N(COCC[Si](C)(C)C)C(=O)[C@@H]1CC(O)=CN1C2=O. The first kappa shape index (κ1) is 43.5. The van der Waals surface area contributed by atoms with Crippen LogP contribution >= 0.6 is 0 Å². The minimum atomic E-state index is -1.41. The van der Waals surface area contributed by atoms with E-state index in [1.165, 1.54) is 30.2 Å². The van der Waals surface area contributed by atoms with Gasteiger partial charge in [0.05, 0.1) is 49.9 Å². The van der Waals surface area contributed by atoms with Crippen LogP contribution in [-0.4, -0.2) is 127 Å². The molecule has 0 aromatic heterocycles. The van der Waals surface area contributed by atoms with Gasteiger partial charge in [-0.2, -0.15) is 0 Å². The van der Waals surface area contributed by atoms with Crippen LogP contribution in [0, 0.1) is 5.41 Å². The zero-order valence-electron chi connectivity index (χ0n) is 36.3. The maximum Gasteiger partial charge on any atom is 0.260 e. The smallest absolute Gasteiger partial charge is 0.260 e. The zero-order valence-corrected chi connectivity index (χ0v) is 38.3. The maximum absolute atomic E-state index is 14.2. The van der Waals surface area contributed by atoms with Crippen molar-refractivity contribution in [1.29, 1.82) is 0 Å². The van der Waals surface area contributed by atoms with E-state index in [-0.39, 0.29) is 67.6 Å². The first-order valence-corrected chi connectivity index (χ1v) is 28.4. The number of aliphatic hydroxyl groups is 1. The van der Waals surface area contributed by atoms with Crippen molar-refractivity contribution >= 4 is 51.2 Å². The molecule has 5 aliphatic rings. The van der Waals surface area contributed by atoms with Crippen molar-refractivity contribution in [1.82, 2.24) is 9.80 Å². The average Bonchev–Trinajstić information content (AvgIpc) is 3.70. The highest BCUT2D eigenvalue weighted by atomic mass is 28.3. The van der Waals surface area contributed by atoms with Crippen LogP contribution in [0.3, 0.4) is 0 Å². The van der Waals surface area contributed by atoms with Gasteiger partial charge in [-0.05, 0) is 48.9 Å². The molecule has 1 spiro atoms. The second kappa shape index (κ2) is 17.1. The fraction of sp³-hybridized carbons (Fsp3) is 0.581. The normalized spacial score (nSPS) is 20.7. The Balaban J connectivity index is 1.07. The van der Waals surface area contributed by atoms with Crippen molar-refractivity contribution in [2.45, 2.75) is 95.6 Å². The van der Waals surface area contributed by atoms with Crippen molar-refractivity contribution in [2.75, 3.05) is 70.5 Å². The lowest BCUT2D eigenvalue weighted by Crippen LogP contribution is -2.45. The molecule has 2 aromatic rings. The number of nitrogens with zero attached hydrogens (tertiary/aromatic N) is 4. The molecule has 4 heterocycles. The Bertz CT molecular complexity index is 2040. The van der Waals surface area contributed by atoms with Crippen molar-refractivity contribution in [3.8, 4) is 23.0 Å². The van der Waals surface area contributed by atoms with E-state index < -0.39 is 34.1 Å². The van der Waals surface area contributed by atoms with Gasteiger partial charge >= 0.3 is 0 Å². The van der Waals surface area contributed by atoms with Crippen LogP contribution in [0.1, 0.15) is 52.8 Å². The van der Waals surface area contributed by atoms with E-state index in [9.17, 15) is 24.3 Å². The number of methoxy groups -OCH3 is 2. The molecule has 1 saturated heterocycles. The van der Waals surface area contributed by atoms with Gasteiger partial charge in [0.1, 0.15) is 31.3 Å². The van der Waals surface area contributed by atoms with E-state index in [0.29, 0.717) is 72.5 Å². The Labute approximate surface area is 354 Å². The van der Waals surface area contributed by atoms with E-state index in [1.807, 2.05) is 0 Å². The Morgan fingerprint density at radius 1 is 0.683 bits per heavy atom. The molecular formula is C43H60N4O11Si2. The van der Waals surface area contributed by atoms with E-state index >= 15 is 0 Å². The van der Waals surface area contributed by atoms with Crippen LogP contribution in [0.15, 0.2) is 36.2 Å². The molecule has 0 unspecified atom stereocenters. The van der Waals surface area contributed by atoms with Gasteiger partial charge in [-0.3, -0.25) is 33.9 Å². The molecular weight excluding hydrogens is 805 g/mol. The summed E-state index contributed by atoms with van der Waals surface area (Å²) < 4.78 is 36.0. The first-order valence-electron chi connectivity index (χ1n) is 20.9. The summed E-state index contributed by atoms with van der Waals surface area (Å²) in [7, 11) is 0.197. The molecule has 1 saturated carbocycles. The van der Waals surface area contributed by atoms with Crippen LogP contribution in [0.5, 0.6) is 23.0 Å². The molecule has 2 aromatic carbocycles. The lowest BCUT2D eigenvalue weighted by atomic mass is 10.0. The third kappa shape index (κ3) is 9.18. The molecule has 1 aliphatic carbocycles. The van der Waals surface area contributed by atoms with Gasteiger partial charge < -0.3 is 38.4 Å². The van der Waals surface area contributed by atoms with E-state index in [4.69, 9.17) is 28.4 Å². The second-order valence-corrected chi connectivity index (χ2v) is 30.3. The number of fused-ring (bicyclic) bond motifs is 4. The van der Waals surface area contributed by atoms with E-state index in [2.05, 4.69) is 39.3 Å². The number of hydrogen-bond donors (Lipinski definition) is 1. The van der Waals surface area contributed by atoms with Crippen LogP contribution in [0.2, 0.25) is 51.4 Å². The number of ether oxygens (including phenoxy) is 6. The summed E-state index contributed by atoms with van der Waals surface area (Å²) in [5.41, 5.74) is 1.38. The average molecular weight is 865 g/mol. The molecule has 60 heavy (non-hydrogen) atoms. The van der Waals surface area contributed by atoms with E-state index in [0.717, 1.165) is 24.9 Å². The molecule has 1 N–H and O–H groups in total. The number of rotatable bonds is 18. The summed E-state index contributed by atoms with van der Waals surface area (Å²) in [5, 5.41) is 10.3. The highest BCUT2D eigenvalue weighted by molar-refractivity contribution is 6.76. The largest absolute Gasteiger partial charge is 0.511 e. The predicted octanol–water partition coefficient (Wildman–Crippen LogP) is 6.48. The number of amides is 4. The Kier molecular flexibility index (Phi) is 12.4. The minimum Gasteiger partial charge on any atom is -0.511 e. The van der Waals surface area contributed by atoms with Gasteiger partial charge in [-0.25, -0.2) is 0 Å². The van der Waals surface area contributed by atoms with Gasteiger partial charge in [0.25, 0.3) is 23.6 Å². The van der Waals surface area contributed by atoms with Crippen molar-refractivity contribution in [3.05, 3.63) is 47.4 Å². The highest BCUT2D eigenvalue weighted by Crippen LogP contribution is 2.56. The number of carbonyl (C=O) groups excluding carboxylic acids is 4. The molecule has 15 nitrogen and oxygen atoms in total. The van der Waals surface area contributed by atoms with Crippen LogP contribution in [-0.2, 0) is 19.1 Å². The minimum absolute atomic E-state index is 0.0101. The molecule has 17 heteroatoms. The fourth-order valence-corrected chi connectivity index (χ4v) is 9.63. The van der Waals surface area contributed by atoms with Gasteiger partial charge in [-0.1, -0.05) is 39.3 Å². The van der Waals surface area contributed by atoms with Gasteiger partial charge in [0, 0.05) is 67.1 Å². The number of aliphatic hydroxyl groups excluding tert-OH is 1. The van der Waals surface area contributed by atoms with Crippen LogP contribution in [0.4, 0.5) is 11.4 Å². The van der Waals surface area contributed by atoms with Crippen molar-refractivity contribution in [2.24, 2.45) is 5.41 Å². The Hall–Kier alpha value is -4.59. The lowest BCUT2D eigenvalue weighted by molar-refractivity contribution is -0.123. The molecule has 4 amide bonds. The zero-order chi connectivity index (χ0) is 43.1. The number of carbonyl (C=O) groups is 4.